The third-order valence-corrected chi connectivity index (χ3v) is 4.01. The molecule has 8 heteroatoms. The number of aryl methyl sites for hydroxylation is 1. The Morgan fingerprint density at radius 2 is 1.95 bits per heavy atom. The number of imidazole rings is 1. The predicted octanol–water partition coefficient (Wildman–Crippen LogP) is -1.08. The minimum absolute atomic E-state index is 0.302. The van der Waals surface area contributed by atoms with Crippen LogP contribution in [-0.2, 0) is 14.1 Å². The Kier molecular flexibility index (Phi) is 2.55. The van der Waals surface area contributed by atoms with Gasteiger partial charge in [-0.05, 0) is 6.42 Å². The molecule has 3 rings (SSSR count). The quantitative estimate of drug-likeness (QED) is 0.729. The molecular weight excluding hydrogens is 262 g/mol. The number of hydrogen-bond acceptors (Lipinski definition) is 5. The minimum Gasteiger partial charge on any atom is -0.386 e. The molecule has 2 N–H and O–H groups in total. The van der Waals surface area contributed by atoms with E-state index in [9.17, 15) is 14.7 Å². The summed E-state index contributed by atoms with van der Waals surface area (Å²) in [6, 6.07) is 0. The summed E-state index contributed by atoms with van der Waals surface area (Å²) in [5.74, 6) is 0.511. The molecular formula is C12H17N5O3. The minimum atomic E-state index is -0.685. The third kappa shape index (κ3) is 1.61. The van der Waals surface area contributed by atoms with Crippen LogP contribution in [0, 0.1) is 0 Å². The van der Waals surface area contributed by atoms with Gasteiger partial charge in [0.1, 0.15) is 0 Å². The lowest BCUT2D eigenvalue weighted by Gasteiger charge is -2.45. The van der Waals surface area contributed by atoms with Crippen LogP contribution in [0.25, 0.3) is 11.2 Å². The first-order chi connectivity index (χ1) is 9.36. The van der Waals surface area contributed by atoms with E-state index in [1.807, 2.05) is 11.8 Å². The average molecular weight is 279 g/mol. The first kappa shape index (κ1) is 12.9. The van der Waals surface area contributed by atoms with Crippen molar-refractivity contribution in [1.82, 2.24) is 19.1 Å². The van der Waals surface area contributed by atoms with Crippen molar-refractivity contribution in [2.24, 2.45) is 14.1 Å². The van der Waals surface area contributed by atoms with Gasteiger partial charge < -0.3 is 15.0 Å². The van der Waals surface area contributed by atoms with E-state index in [0.29, 0.717) is 36.6 Å². The van der Waals surface area contributed by atoms with Gasteiger partial charge in [0, 0.05) is 14.1 Å². The third-order valence-electron chi connectivity index (χ3n) is 4.01. The second kappa shape index (κ2) is 3.95. The standard InChI is InChI=1S/C12H17N5O3/c1-4-12(20)5-17(6-12)10-13-7-8(14-10)15(2)11(19)16(3)9(7)18/h20H,4-6H2,1-3H3,(H,13,14). The van der Waals surface area contributed by atoms with Crippen molar-refractivity contribution in [2.45, 2.75) is 18.9 Å². The lowest BCUT2D eigenvalue weighted by Crippen LogP contribution is -2.62. The van der Waals surface area contributed by atoms with E-state index in [-0.39, 0.29) is 0 Å². The Bertz CT molecular complexity index is 794. The first-order valence-corrected chi connectivity index (χ1v) is 6.49. The molecule has 0 saturated carbocycles. The number of nitrogens with zero attached hydrogens (tertiary/aromatic N) is 4. The van der Waals surface area contributed by atoms with Gasteiger partial charge in [-0.1, -0.05) is 6.92 Å². The van der Waals surface area contributed by atoms with Crippen molar-refractivity contribution < 1.29 is 5.11 Å². The topological polar surface area (TPSA) is 96.2 Å². The summed E-state index contributed by atoms with van der Waals surface area (Å²) in [5, 5.41) is 10.0. The summed E-state index contributed by atoms with van der Waals surface area (Å²) in [6.45, 7) is 2.87. The van der Waals surface area contributed by atoms with Crippen LogP contribution >= 0.6 is 0 Å². The van der Waals surface area contributed by atoms with Gasteiger partial charge in [0.05, 0.1) is 18.7 Å². The van der Waals surface area contributed by atoms with Crippen LogP contribution in [0.1, 0.15) is 13.3 Å². The second-order valence-electron chi connectivity index (χ2n) is 5.40. The molecule has 0 amide bonds. The van der Waals surface area contributed by atoms with Crippen molar-refractivity contribution in [3.8, 4) is 0 Å². The molecule has 8 nitrogen and oxygen atoms in total. The predicted molar refractivity (Wildman–Crippen MR) is 74.0 cm³/mol. The second-order valence-corrected chi connectivity index (χ2v) is 5.40. The van der Waals surface area contributed by atoms with Crippen LogP contribution in [0.2, 0.25) is 0 Å². The summed E-state index contributed by atoms with van der Waals surface area (Å²) in [4.78, 5) is 33.0. The van der Waals surface area contributed by atoms with E-state index < -0.39 is 16.9 Å². The fourth-order valence-electron chi connectivity index (χ4n) is 2.50. The Balaban J connectivity index is 2.09. The van der Waals surface area contributed by atoms with Crippen LogP contribution in [0.4, 0.5) is 5.95 Å². The highest BCUT2D eigenvalue weighted by Crippen LogP contribution is 2.28. The number of fused-ring (bicyclic) bond motifs is 1. The zero-order chi connectivity index (χ0) is 14.7. The number of rotatable bonds is 2. The van der Waals surface area contributed by atoms with Gasteiger partial charge in [-0.2, -0.15) is 4.98 Å². The van der Waals surface area contributed by atoms with E-state index in [1.165, 1.54) is 11.6 Å². The summed E-state index contributed by atoms with van der Waals surface area (Å²) in [5.41, 5.74) is -0.852. The molecule has 2 aromatic heterocycles. The maximum atomic E-state index is 12.0. The molecule has 0 atom stereocenters. The molecule has 0 bridgehead atoms. The molecule has 0 radical (unpaired) electrons. The van der Waals surface area contributed by atoms with Gasteiger partial charge in [0.15, 0.2) is 11.2 Å². The molecule has 20 heavy (non-hydrogen) atoms. The Hall–Kier alpha value is -2.09. The van der Waals surface area contributed by atoms with Crippen molar-refractivity contribution in [3.63, 3.8) is 0 Å². The number of H-pyrrole nitrogens is 1. The molecule has 1 fully saturated rings. The zero-order valence-electron chi connectivity index (χ0n) is 11.7. The number of β-amino-alcohol motifs (C(OH)–C–C–N with tert-alkyl or cyclic N) is 1. The number of anilines is 1. The molecule has 108 valence electrons. The molecule has 0 spiro atoms. The molecule has 1 saturated heterocycles. The first-order valence-electron chi connectivity index (χ1n) is 6.49. The molecule has 3 heterocycles. The monoisotopic (exact) mass is 279 g/mol. The normalized spacial score (nSPS) is 17.5. The van der Waals surface area contributed by atoms with E-state index in [4.69, 9.17) is 0 Å². The van der Waals surface area contributed by atoms with Crippen LogP contribution in [-0.4, -0.2) is 42.9 Å². The van der Waals surface area contributed by atoms with Gasteiger partial charge in [-0.3, -0.25) is 13.9 Å². The summed E-state index contributed by atoms with van der Waals surface area (Å²) in [6.07, 6.45) is 0.671. The van der Waals surface area contributed by atoms with Gasteiger partial charge in [0.25, 0.3) is 5.56 Å². The van der Waals surface area contributed by atoms with E-state index >= 15 is 0 Å². The van der Waals surface area contributed by atoms with Gasteiger partial charge >= 0.3 is 5.69 Å². The van der Waals surface area contributed by atoms with Crippen LogP contribution in [0.3, 0.4) is 0 Å². The Morgan fingerprint density at radius 1 is 1.30 bits per heavy atom. The smallest absolute Gasteiger partial charge is 0.332 e. The van der Waals surface area contributed by atoms with Crippen LogP contribution < -0.4 is 16.1 Å². The van der Waals surface area contributed by atoms with Crippen molar-refractivity contribution >= 4 is 17.1 Å². The molecule has 1 aliphatic rings. The van der Waals surface area contributed by atoms with Gasteiger partial charge in [-0.15, -0.1) is 0 Å². The highest BCUT2D eigenvalue weighted by molar-refractivity contribution is 5.73. The molecule has 0 unspecified atom stereocenters. The van der Waals surface area contributed by atoms with E-state index in [0.717, 1.165) is 4.57 Å². The van der Waals surface area contributed by atoms with Crippen molar-refractivity contribution in [2.75, 3.05) is 18.0 Å². The van der Waals surface area contributed by atoms with Gasteiger partial charge in [-0.25, -0.2) is 4.79 Å². The SMILES string of the molecule is CCC1(O)CN(c2nc3c([nH]2)c(=O)n(C)c(=O)n3C)C1. The summed E-state index contributed by atoms with van der Waals surface area (Å²) >= 11 is 0. The average Bonchev–Trinajstić information content (AvgIpc) is 2.84. The maximum Gasteiger partial charge on any atom is 0.332 e. The Morgan fingerprint density at radius 3 is 2.55 bits per heavy atom. The molecule has 0 aromatic carbocycles. The number of aromatic nitrogens is 4. The fourth-order valence-corrected chi connectivity index (χ4v) is 2.50. The number of nitrogens with one attached hydrogen (secondary N) is 1. The van der Waals surface area contributed by atoms with Crippen LogP contribution in [0.15, 0.2) is 9.59 Å². The molecule has 1 aliphatic heterocycles. The fraction of sp³-hybridized carbons (Fsp3) is 0.583. The lowest BCUT2D eigenvalue weighted by atomic mass is 9.92. The lowest BCUT2D eigenvalue weighted by molar-refractivity contribution is 0.00767. The van der Waals surface area contributed by atoms with E-state index in [1.54, 1.807) is 7.05 Å². The van der Waals surface area contributed by atoms with Gasteiger partial charge in [0.2, 0.25) is 5.95 Å². The zero-order valence-corrected chi connectivity index (χ0v) is 11.7. The number of aromatic amines is 1. The van der Waals surface area contributed by atoms with Crippen molar-refractivity contribution in [3.05, 3.63) is 20.8 Å². The summed E-state index contributed by atoms with van der Waals surface area (Å²) < 4.78 is 2.38. The summed E-state index contributed by atoms with van der Waals surface area (Å²) in [7, 11) is 3.01. The largest absolute Gasteiger partial charge is 0.386 e. The van der Waals surface area contributed by atoms with E-state index in [2.05, 4.69) is 9.97 Å². The number of hydrogen-bond donors (Lipinski definition) is 2. The maximum absolute atomic E-state index is 12.0. The Labute approximate surface area is 114 Å². The number of aliphatic hydroxyl groups is 1. The molecule has 2 aromatic rings. The highest BCUT2D eigenvalue weighted by atomic mass is 16.3. The van der Waals surface area contributed by atoms with Crippen LogP contribution in [0.5, 0.6) is 0 Å². The molecule has 0 aliphatic carbocycles. The van der Waals surface area contributed by atoms with Crippen molar-refractivity contribution in [1.29, 1.82) is 0 Å². The highest BCUT2D eigenvalue weighted by Gasteiger charge is 2.41.